The number of carboxylic acid groups (broad SMARTS) is 1. The van der Waals surface area contributed by atoms with Crippen LogP contribution >= 0.6 is 0 Å². The Morgan fingerprint density at radius 1 is 1.44 bits per heavy atom. The number of hydrogen-bond acceptors (Lipinski definition) is 2. The van der Waals surface area contributed by atoms with Crippen LogP contribution in [0.5, 0.6) is 0 Å². The number of anilines is 1. The second kappa shape index (κ2) is 4.40. The van der Waals surface area contributed by atoms with Gasteiger partial charge in [0.2, 0.25) is 5.91 Å². The van der Waals surface area contributed by atoms with E-state index in [9.17, 15) is 14.0 Å². The monoisotopic (exact) mass is 251 g/mol. The number of nitrogens with one attached hydrogen (secondary N) is 1. The number of benzene rings is 1. The van der Waals surface area contributed by atoms with Crippen molar-refractivity contribution in [1.29, 1.82) is 0 Å². The lowest BCUT2D eigenvalue weighted by molar-refractivity contribution is -0.147. The van der Waals surface area contributed by atoms with Crippen molar-refractivity contribution in [3.8, 4) is 0 Å². The Morgan fingerprint density at radius 3 is 2.56 bits per heavy atom. The standard InChI is InChI=1S/C13H14FNO3/c1-2-8-3-4-9(7-10(8)14)15-11(16)13(5-6-13)12(17)18/h3-4,7H,2,5-6H2,1H3,(H,15,16)(H,17,18). The lowest BCUT2D eigenvalue weighted by atomic mass is 10.1. The number of aryl methyl sites for hydroxylation is 1. The summed E-state index contributed by atoms with van der Waals surface area (Å²) < 4.78 is 13.5. The van der Waals surface area contributed by atoms with E-state index in [1.165, 1.54) is 6.07 Å². The normalized spacial score (nSPS) is 16.1. The maximum absolute atomic E-state index is 13.5. The minimum atomic E-state index is -1.31. The number of rotatable bonds is 4. The molecule has 0 spiro atoms. The summed E-state index contributed by atoms with van der Waals surface area (Å²) in [6.07, 6.45) is 1.24. The summed E-state index contributed by atoms with van der Waals surface area (Å²) in [6.45, 7) is 1.83. The summed E-state index contributed by atoms with van der Waals surface area (Å²) in [4.78, 5) is 22.7. The third-order valence-corrected chi connectivity index (χ3v) is 3.29. The van der Waals surface area contributed by atoms with Gasteiger partial charge in [0.05, 0.1) is 0 Å². The average molecular weight is 251 g/mol. The fraction of sp³-hybridized carbons (Fsp3) is 0.385. The molecule has 1 aliphatic carbocycles. The summed E-state index contributed by atoms with van der Waals surface area (Å²) in [5.74, 6) is -2.08. The minimum Gasteiger partial charge on any atom is -0.480 e. The first-order chi connectivity index (χ1) is 8.49. The summed E-state index contributed by atoms with van der Waals surface area (Å²) in [7, 11) is 0. The predicted molar refractivity (Wildman–Crippen MR) is 63.7 cm³/mol. The molecule has 1 saturated carbocycles. The molecular formula is C13H14FNO3. The van der Waals surface area contributed by atoms with Gasteiger partial charge < -0.3 is 10.4 Å². The highest BCUT2D eigenvalue weighted by atomic mass is 19.1. The molecule has 0 radical (unpaired) electrons. The average Bonchev–Trinajstić information content (AvgIpc) is 3.10. The number of halogens is 1. The first-order valence-electron chi connectivity index (χ1n) is 5.83. The lowest BCUT2D eigenvalue weighted by Gasteiger charge is -2.11. The Labute approximate surface area is 104 Å². The van der Waals surface area contributed by atoms with Gasteiger partial charge in [-0.15, -0.1) is 0 Å². The van der Waals surface area contributed by atoms with Crippen LogP contribution in [0.1, 0.15) is 25.3 Å². The van der Waals surface area contributed by atoms with Crippen LogP contribution in [-0.2, 0) is 16.0 Å². The molecule has 1 fully saturated rings. The molecule has 18 heavy (non-hydrogen) atoms. The van der Waals surface area contributed by atoms with Crippen LogP contribution in [0.2, 0.25) is 0 Å². The summed E-state index contributed by atoms with van der Waals surface area (Å²) in [5, 5.41) is 11.4. The molecule has 0 bridgehead atoms. The van der Waals surface area contributed by atoms with E-state index in [0.29, 0.717) is 30.5 Å². The predicted octanol–water partition coefficient (Wildman–Crippen LogP) is 2.19. The van der Waals surface area contributed by atoms with Crippen molar-refractivity contribution in [2.24, 2.45) is 5.41 Å². The zero-order valence-corrected chi connectivity index (χ0v) is 10.00. The highest BCUT2D eigenvalue weighted by Gasteiger charge is 2.57. The highest BCUT2D eigenvalue weighted by molar-refractivity contribution is 6.10. The number of carboxylic acids is 1. The van der Waals surface area contributed by atoms with Crippen LogP contribution in [0.4, 0.5) is 10.1 Å². The van der Waals surface area contributed by atoms with Crippen molar-refractivity contribution in [2.75, 3.05) is 5.32 Å². The van der Waals surface area contributed by atoms with Gasteiger partial charge in [0, 0.05) is 5.69 Å². The lowest BCUT2D eigenvalue weighted by Crippen LogP contribution is -2.31. The zero-order chi connectivity index (χ0) is 13.3. The third kappa shape index (κ3) is 2.08. The summed E-state index contributed by atoms with van der Waals surface area (Å²) >= 11 is 0. The maximum atomic E-state index is 13.5. The highest BCUT2D eigenvalue weighted by Crippen LogP contribution is 2.46. The number of hydrogen-bond donors (Lipinski definition) is 2. The summed E-state index contributed by atoms with van der Waals surface area (Å²) in [5.41, 5.74) is -0.450. The fourth-order valence-corrected chi connectivity index (χ4v) is 1.83. The van der Waals surface area contributed by atoms with Crippen molar-refractivity contribution in [3.63, 3.8) is 0 Å². The molecule has 0 aliphatic heterocycles. The van der Waals surface area contributed by atoms with Crippen molar-refractivity contribution in [2.45, 2.75) is 26.2 Å². The molecule has 0 unspecified atom stereocenters. The van der Waals surface area contributed by atoms with Gasteiger partial charge in [-0.2, -0.15) is 0 Å². The molecule has 2 N–H and O–H groups in total. The van der Waals surface area contributed by atoms with Crippen LogP contribution in [0.25, 0.3) is 0 Å². The van der Waals surface area contributed by atoms with Crippen LogP contribution in [0.3, 0.4) is 0 Å². The molecule has 1 aromatic rings. The Bertz CT molecular complexity index is 509. The van der Waals surface area contributed by atoms with E-state index in [4.69, 9.17) is 5.11 Å². The molecule has 5 heteroatoms. The summed E-state index contributed by atoms with van der Waals surface area (Å²) in [6, 6.07) is 4.39. The molecule has 1 amide bonds. The number of amides is 1. The van der Waals surface area contributed by atoms with Gasteiger partial charge >= 0.3 is 5.97 Å². The Kier molecular flexibility index (Phi) is 3.07. The largest absolute Gasteiger partial charge is 0.480 e. The van der Waals surface area contributed by atoms with E-state index < -0.39 is 23.1 Å². The van der Waals surface area contributed by atoms with Crippen LogP contribution in [0, 0.1) is 11.2 Å². The first-order valence-corrected chi connectivity index (χ1v) is 5.83. The molecule has 0 aromatic heterocycles. The molecule has 0 atom stereocenters. The van der Waals surface area contributed by atoms with Gasteiger partial charge in [-0.25, -0.2) is 4.39 Å². The quantitative estimate of drug-likeness (QED) is 0.806. The third-order valence-electron chi connectivity index (χ3n) is 3.29. The molecule has 1 aliphatic rings. The van der Waals surface area contributed by atoms with Gasteiger partial charge in [-0.1, -0.05) is 13.0 Å². The molecule has 96 valence electrons. The Balaban J connectivity index is 2.13. The molecule has 1 aromatic carbocycles. The van der Waals surface area contributed by atoms with Gasteiger partial charge in [-0.3, -0.25) is 9.59 Å². The van der Waals surface area contributed by atoms with E-state index in [2.05, 4.69) is 5.32 Å². The number of carbonyl (C=O) groups excluding carboxylic acids is 1. The van der Waals surface area contributed by atoms with E-state index in [1.807, 2.05) is 6.92 Å². The molecular weight excluding hydrogens is 237 g/mol. The van der Waals surface area contributed by atoms with E-state index in [0.717, 1.165) is 0 Å². The van der Waals surface area contributed by atoms with Crippen molar-refractivity contribution in [3.05, 3.63) is 29.6 Å². The SMILES string of the molecule is CCc1ccc(NC(=O)C2(C(=O)O)CC2)cc1F. The molecule has 0 heterocycles. The van der Waals surface area contributed by atoms with Crippen molar-refractivity contribution in [1.82, 2.24) is 0 Å². The zero-order valence-electron chi connectivity index (χ0n) is 10.00. The molecule has 4 nitrogen and oxygen atoms in total. The Morgan fingerprint density at radius 2 is 2.11 bits per heavy atom. The Hall–Kier alpha value is -1.91. The van der Waals surface area contributed by atoms with Crippen LogP contribution in [-0.4, -0.2) is 17.0 Å². The maximum Gasteiger partial charge on any atom is 0.319 e. The van der Waals surface area contributed by atoms with Crippen molar-refractivity contribution < 1.29 is 19.1 Å². The molecule has 2 rings (SSSR count). The van der Waals surface area contributed by atoms with Crippen molar-refractivity contribution >= 4 is 17.6 Å². The fourth-order valence-electron chi connectivity index (χ4n) is 1.83. The van der Waals surface area contributed by atoms with Crippen LogP contribution in [0.15, 0.2) is 18.2 Å². The second-order valence-electron chi connectivity index (χ2n) is 4.50. The first kappa shape index (κ1) is 12.5. The van der Waals surface area contributed by atoms with E-state index >= 15 is 0 Å². The van der Waals surface area contributed by atoms with E-state index in [1.54, 1.807) is 12.1 Å². The number of aliphatic carboxylic acids is 1. The van der Waals surface area contributed by atoms with E-state index in [-0.39, 0.29) is 0 Å². The molecule has 0 saturated heterocycles. The second-order valence-corrected chi connectivity index (χ2v) is 4.50. The van der Waals surface area contributed by atoms with Gasteiger partial charge in [0.25, 0.3) is 0 Å². The number of carbonyl (C=O) groups is 2. The van der Waals surface area contributed by atoms with Gasteiger partial charge in [0.15, 0.2) is 0 Å². The smallest absolute Gasteiger partial charge is 0.319 e. The minimum absolute atomic E-state index is 0.294. The van der Waals surface area contributed by atoms with Gasteiger partial charge in [-0.05, 0) is 37.0 Å². The van der Waals surface area contributed by atoms with Gasteiger partial charge in [0.1, 0.15) is 11.2 Å². The topological polar surface area (TPSA) is 66.4 Å². The van der Waals surface area contributed by atoms with Crippen LogP contribution < -0.4 is 5.32 Å².